The predicted octanol–water partition coefficient (Wildman–Crippen LogP) is 7.01. The van der Waals surface area contributed by atoms with Gasteiger partial charge in [0.25, 0.3) is 0 Å². The molecule has 0 unspecified atom stereocenters. The largest absolute Gasteiger partial charge is 0.263 e. The third-order valence-electron chi connectivity index (χ3n) is 5.23. The van der Waals surface area contributed by atoms with Crippen LogP contribution in [0.1, 0.15) is 16.7 Å². The van der Waals surface area contributed by atoms with Gasteiger partial charge in [-0.15, -0.1) is 0 Å². The molecule has 0 aliphatic carbocycles. The molecule has 1 aromatic heterocycles. The van der Waals surface area contributed by atoms with Crippen LogP contribution in [-0.4, -0.2) is 4.98 Å². The van der Waals surface area contributed by atoms with Gasteiger partial charge in [0, 0.05) is 29.1 Å². The lowest BCUT2D eigenvalue weighted by molar-refractivity contribution is 1.31. The Hall–Kier alpha value is -3.19. The molecule has 1 heterocycles. The molecule has 0 aliphatic heterocycles. The van der Waals surface area contributed by atoms with E-state index < -0.39 is 0 Å². The third-order valence-corrected chi connectivity index (χ3v) is 5.23. The summed E-state index contributed by atoms with van der Waals surface area (Å²) in [5.41, 5.74) is 11.1. The Bertz CT molecular complexity index is 1040. The van der Waals surface area contributed by atoms with E-state index in [9.17, 15) is 0 Å². The summed E-state index contributed by atoms with van der Waals surface area (Å²) in [6.07, 6.45) is 4.01. The van der Waals surface area contributed by atoms with E-state index in [-0.39, 0.29) is 0 Å². The molecule has 0 aliphatic rings. The van der Waals surface area contributed by atoms with Crippen LogP contribution in [0, 0.1) is 20.8 Å². The number of rotatable bonds is 3. The number of hydrogen-bond donors (Lipinski definition) is 0. The molecule has 4 rings (SSSR count). The molecular weight excluding hydrogens is 326 g/mol. The zero-order chi connectivity index (χ0) is 18.8. The molecule has 0 fully saturated rings. The Morgan fingerprint density at radius 3 is 1.22 bits per heavy atom. The molecule has 0 atom stereocenters. The molecule has 132 valence electrons. The van der Waals surface area contributed by atoms with E-state index in [0.717, 1.165) is 0 Å². The highest BCUT2D eigenvalue weighted by Gasteiger charge is 2.17. The first-order valence-corrected chi connectivity index (χ1v) is 9.33. The van der Waals surface area contributed by atoms with Crippen molar-refractivity contribution in [2.45, 2.75) is 20.8 Å². The van der Waals surface area contributed by atoms with Crippen molar-refractivity contribution in [3.05, 3.63) is 102 Å². The molecule has 27 heavy (non-hydrogen) atoms. The average molecular weight is 349 g/mol. The van der Waals surface area contributed by atoms with Crippen LogP contribution in [0.4, 0.5) is 0 Å². The molecule has 0 saturated heterocycles. The fourth-order valence-electron chi connectivity index (χ4n) is 3.76. The summed E-state index contributed by atoms with van der Waals surface area (Å²) in [5, 5.41) is 0. The number of aromatic nitrogens is 1. The minimum absolute atomic E-state index is 1.18. The second kappa shape index (κ2) is 7.20. The minimum atomic E-state index is 1.18. The van der Waals surface area contributed by atoms with Gasteiger partial charge < -0.3 is 0 Å². The fourth-order valence-corrected chi connectivity index (χ4v) is 3.76. The van der Waals surface area contributed by atoms with Gasteiger partial charge >= 0.3 is 0 Å². The summed E-state index contributed by atoms with van der Waals surface area (Å²) in [6.45, 7) is 6.51. The van der Waals surface area contributed by atoms with Crippen molar-refractivity contribution in [3.8, 4) is 33.4 Å². The summed E-state index contributed by atoms with van der Waals surface area (Å²) in [5.74, 6) is 0. The van der Waals surface area contributed by atoms with Gasteiger partial charge in [0.2, 0.25) is 0 Å². The minimum Gasteiger partial charge on any atom is -0.263 e. The first kappa shape index (κ1) is 17.2. The standard InChI is InChI=1S/C26H23N/c1-18-10-4-7-13-21(18)24-16-27-17-25(22-14-8-5-11-19(22)2)26(24)23-15-9-6-12-20(23)3/h4-17H,1-3H3. The second-order valence-corrected chi connectivity index (χ2v) is 7.05. The highest BCUT2D eigenvalue weighted by molar-refractivity contribution is 5.95. The predicted molar refractivity (Wildman–Crippen MR) is 115 cm³/mol. The van der Waals surface area contributed by atoms with Gasteiger partial charge in [0.15, 0.2) is 0 Å². The van der Waals surface area contributed by atoms with Gasteiger partial charge in [0.1, 0.15) is 0 Å². The molecule has 4 aromatic rings. The molecule has 0 N–H and O–H groups in total. The fraction of sp³-hybridized carbons (Fsp3) is 0.115. The zero-order valence-electron chi connectivity index (χ0n) is 16.0. The summed E-state index contributed by atoms with van der Waals surface area (Å²) < 4.78 is 0. The summed E-state index contributed by atoms with van der Waals surface area (Å²) in [4.78, 5) is 4.64. The lowest BCUT2D eigenvalue weighted by Gasteiger charge is -2.19. The maximum absolute atomic E-state index is 4.64. The first-order valence-electron chi connectivity index (χ1n) is 9.33. The highest BCUT2D eigenvalue weighted by Crippen LogP contribution is 2.42. The monoisotopic (exact) mass is 349 g/mol. The van der Waals surface area contributed by atoms with Crippen molar-refractivity contribution in [2.75, 3.05) is 0 Å². The number of nitrogens with zero attached hydrogens (tertiary/aromatic N) is 1. The van der Waals surface area contributed by atoms with E-state index in [1.807, 2.05) is 12.4 Å². The number of hydrogen-bond acceptors (Lipinski definition) is 1. The summed E-state index contributed by atoms with van der Waals surface area (Å²) in [7, 11) is 0. The molecule has 0 amide bonds. The third kappa shape index (κ3) is 3.17. The normalized spacial score (nSPS) is 10.8. The van der Waals surface area contributed by atoms with Gasteiger partial charge in [-0.05, 0) is 54.2 Å². The maximum Gasteiger partial charge on any atom is 0.0353 e. The smallest absolute Gasteiger partial charge is 0.0353 e. The SMILES string of the molecule is Cc1ccccc1-c1cncc(-c2ccccc2C)c1-c1ccccc1C. The van der Waals surface area contributed by atoms with Crippen molar-refractivity contribution in [1.29, 1.82) is 0 Å². The van der Waals surface area contributed by atoms with Crippen molar-refractivity contribution >= 4 is 0 Å². The van der Waals surface area contributed by atoms with Gasteiger partial charge in [-0.25, -0.2) is 0 Å². The zero-order valence-corrected chi connectivity index (χ0v) is 16.0. The van der Waals surface area contributed by atoms with Gasteiger partial charge in [0.05, 0.1) is 0 Å². The van der Waals surface area contributed by atoms with Crippen molar-refractivity contribution < 1.29 is 0 Å². The Morgan fingerprint density at radius 1 is 0.444 bits per heavy atom. The van der Waals surface area contributed by atoms with Crippen LogP contribution in [0.5, 0.6) is 0 Å². The molecule has 0 radical (unpaired) electrons. The summed E-state index contributed by atoms with van der Waals surface area (Å²) in [6, 6.07) is 25.7. The maximum atomic E-state index is 4.64. The van der Waals surface area contributed by atoms with Gasteiger partial charge in [-0.3, -0.25) is 4.98 Å². The topological polar surface area (TPSA) is 12.9 Å². The molecule has 1 nitrogen and oxygen atoms in total. The Kier molecular flexibility index (Phi) is 4.60. The van der Waals surface area contributed by atoms with E-state index in [2.05, 4.69) is 98.6 Å². The van der Waals surface area contributed by atoms with E-state index in [1.54, 1.807) is 0 Å². The van der Waals surface area contributed by atoms with Gasteiger partial charge in [-0.2, -0.15) is 0 Å². The van der Waals surface area contributed by atoms with E-state index in [1.165, 1.54) is 50.1 Å². The molecule has 0 saturated carbocycles. The Morgan fingerprint density at radius 2 is 0.815 bits per heavy atom. The molecule has 0 bridgehead atoms. The van der Waals surface area contributed by atoms with E-state index in [4.69, 9.17) is 0 Å². The van der Waals surface area contributed by atoms with Crippen molar-refractivity contribution in [1.82, 2.24) is 4.98 Å². The number of aryl methyl sites for hydroxylation is 3. The van der Waals surface area contributed by atoms with Crippen LogP contribution in [0.2, 0.25) is 0 Å². The van der Waals surface area contributed by atoms with Crippen LogP contribution >= 0.6 is 0 Å². The lowest BCUT2D eigenvalue weighted by atomic mass is 9.86. The Balaban J connectivity index is 2.10. The average Bonchev–Trinajstić information content (AvgIpc) is 2.69. The number of benzene rings is 3. The first-order chi connectivity index (χ1) is 13.2. The van der Waals surface area contributed by atoms with Gasteiger partial charge in [-0.1, -0.05) is 72.8 Å². The molecular formula is C26H23N. The lowest BCUT2D eigenvalue weighted by Crippen LogP contribution is -1.96. The van der Waals surface area contributed by atoms with Crippen molar-refractivity contribution in [3.63, 3.8) is 0 Å². The van der Waals surface area contributed by atoms with Crippen LogP contribution in [0.3, 0.4) is 0 Å². The molecule has 0 spiro atoms. The van der Waals surface area contributed by atoms with Crippen molar-refractivity contribution in [2.24, 2.45) is 0 Å². The van der Waals surface area contributed by atoms with Crippen LogP contribution < -0.4 is 0 Å². The highest BCUT2D eigenvalue weighted by atomic mass is 14.6. The van der Waals surface area contributed by atoms with Crippen LogP contribution in [0.15, 0.2) is 85.2 Å². The quantitative estimate of drug-likeness (QED) is 0.388. The molecule has 1 heteroatoms. The van der Waals surface area contributed by atoms with Crippen LogP contribution in [0.25, 0.3) is 33.4 Å². The van der Waals surface area contributed by atoms with Crippen LogP contribution in [-0.2, 0) is 0 Å². The number of pyridine rings is 1. The Labute approximate surface area is 161 Å². The van der Waals surface area contributed by atoms with E-state index in [0.29, 0.717) is 0 Å². The van der Waals surface area contributed by atoms with E-state index >= 15 is 0 Å². The second-order valence-electron chi connectivity index (χ2n) is 7.05. The molecule has 3 aromatic carbocycles. The summed E-state index contributed by atoms with van der Waals surface area (Å²) >= 11 is 0.